The summed E-state index contributed by atoms with van der Waals surface area (Å²) in [4.78, 5) is 13.5. The van der Waals surface area contributed by atoms with Crippen LogP contribution in [0, 0.1) is 6.92 Å². The third-order valence-electron chi connectivity index (χ3n) is 4.03. The molecule has 0 radical (unpaired) electrons. The van der Waals surface area contributed by atoms with E-state index in [4.69, 9.17) is 5.84 Å². The van der Waals surface area contributed by atoms with Crippen LogP contribution in [-0.4, -0.2) is 40.5 Å². The highest BCUT2D eigenvalue weighted by Gasteiger charge is 2.29. The van der Waals surface area contributed by atoms with Crippen molar-refractivity contribution in [3.8, 4) is 0 Å². The van der Waals surface area contributed by atoms with Gasteiger partial charge in [-0.2, -0.15) is 4.98 Å². The summed E-state index contributed by atoms with van der Waals surface area (Å²) in [5.41, 5.74) is 2.54. The fourth-order valence-electron chi connectivity index (χ4n) is 2.47. The molecule has 0 saturated heterocycles. The standard InChI is InChI=1S/C14H22N6S/c1-8(20(3)10-4-5-10)7-16-12-11-6-9(2)21-13(11)18-14(17-12)19-15/h6,8,10H,4-5,7,15H2,1-3H3,(H2,16,17,18,19). The number of nitrogens with one attached hydrogen (secondary N) is 2. The maximum atomic E-state index is 5.46. The normalized spacial score (nSPS) is 16.4. The van der Waals surface area contributed by atoms with Crippen molar-refractivity contribution < 1.29 is 0 Å². The van der Waals surface area contributed by atoms with Gasteiger partial charge in [-0.1, -0.05) is 0 Å². The molecule has 114 valence electrons. The smallest absolute Gasteiger partial charge is 0.240 e. The lowest BCUT2D eigenvalue weighted by atomic mass is 10.2. The molecule has 3 rings (SSSR count). The number of nitrogens with two attached hydrogens (primary N) is 1. The van der Waals surface area contributed by atoms with Crippen LogP contribution >= 0.6 is 11.3 Å². The van der Waals surface area contributed by atoms with Gasteiger partial charge in [0.1, 0.15) is 10.6 Å². The Labute approximate surface area is 128 Å². The highest BCUT2D eigenvalue weighted by Crippen LogP contribution is 2.30. The second-order valence-corrected chi connectivity index (χ2v) is 6.98. The second-order valence-electron chi connectivity index (χ2n) is 5.74. The average molecular weight is 306 g/mol. The van der Waals surface area contributed by atoms with Gasteiger partial charge in [0.25, 0.3) is 0 Å². The fourth-order valence-corrected chi connectivity index (χ4v) is 3.35. The van der Waals surface area contributed by atoms with Crippen molar-refractivity contribution in [1.29, 1.82) is 0 Å². The first-order valence-corrected chi connectivity index (χ1v) is 8.10. The zero-order valence-corrected chi connectivity index (χ0v) is 13.5. The number of rotatable bonds is 6. The number of likely N-dealkylation sites (N-methyl/N-ethyl adjacent to an activating group) is 1. The Morgan fingerprint density at radius 2 is 2.24 bits per heavy atom. The molecule has 1 aliphatic carbocycles. The van der Waals surface area contributed by atoms with Crippen molar-refractivity contribution in [2.45, 2.75) is 38.8 Å². The van der Waals surface area contributed by atoms with Gasteiger partial charge in [0.2, 0.25) is 5.95 Å². The van der Waals surface area contributed by atoms with Crippen LogP contribution in [0.3, 0.4) is 0 Å². The van der Waals surface area contributed by atoms with E-state index in [9.17, 15) is 0 Å². The van der Waals surface area contributed by atoms with E-state index in [0.717, 1.165) is 28.6 Å². The predicted octanol–water partition coefficient (Wildman–Crippen LogP) is 2.18. The van der Waals surface area contributed by atoms with Crippen LogP contribution in [0.5, 0.6) is 0 Å². The van der Waals surface area contributed by atoms with Crippen molar-refractivity contribution >= 4 is 33.3 Å². The molecule has 1 atom stereocenters. The molecule has 0 bridgehead atoms. The van der Waals surface area contributed by atoms with Crippen molar-refractivity contribution in [3.63, 3.8) is 0 Å². The molecule has 1 aliphatic rings. The summed E-state index contributed by atoms with van der Waals surface area (Å²) < 4.78 is 0. The minimum atomic E-state index is 0.454. The number of nitrogens with zero attached hydrogens (tertiary/aromatic N) is 3. The van der Waals surface area contributed by atoms with E-state index in [2.05, 4.69) is 52.6 Å². The molecule has 6 nitrogen and oxygen atoms in total. The van der Waals surface area contributed by atoms with Gasteiger partial charge in [-0.3, -0.25) is 10.3 Å². The van der Waals surface area contributed by atoms with Crippen molar-refractivity contribution in [2.75, 3.05) is 24.3 Å². The molecular weight excluding hydrogens is 284 g/mol. The van der Waals surface area contributed by atoms with E-state index in [1.165, 1.54) is 17.7 Å². The summed E-state index contributed by atoms with van der Waals surface area (Å²) >= 11 is 1.65. The Bertz CT molecular complexity index is 636. The van der Waals surface area contributed by atoms with Gasteiger partial charge in [-0.25, -0.2) is 10.8 Å². The Morgan fingerprint density at radius 3 is 2.90 bits per heavy atom. The van der Waals surface area contributed by atoms with E-state index in [-0.39, 0.29) is 0 Å². The second kappa shape index (κ2) is 5.75. The van der Waals surface area contributed by atoms with E-state index in [0.29, 0.717) is 12.0 Å². The molecule has 2 aromatic heterocycles. The third-order valence-corrected chi connectivity index (χ3v) is 4.97. The summed E-state index contributed by atoms with van der Waals surface area (Å²) in [6.45, 7) is 5.18. The average Bonchev–Trinajstić information content (AvgIpc) is 3.24. The molecule has 2 aromatic rings. The largest absolute Gasteiger partial charge is 0.368 e. The molecule has 0 aliphatic heterocycles. The number of nitrogen functional groups attached to an aromatic ring is 1. The van der Waals surface area contributed by atoms with Crippen LogP contribution in [0.15, 0.2) is 6.07 Å². The molecule has 1 saturated carbocycles. The molecule has 0 spiro atoms. The van der Waals surface area contributed by atoms with Gasteiger partial charge in [0.15, 0.2) is 0 Å². The van der Waals surface area contributed by atoms with Crippen LogP contribution in [-0.2, 0) is 0 Å². The number of hydrogen-bond acceptors (Lipinski definition) is 7. The molecular formula is C14H22N6S. The number of fused-ring (bicyclic) bond motifs is 1. The van der Waals surface area contributed by atoms with E-state index < -0.39 is 0 Å². The van der Waals surface area contributed by atoms with Crippen molar-refractivity contribution in [2.24, 2.45) is 5.84 Å². The van der Waals surface area contributed by atoms with Crippen molar-refractivity contribution in [3.05, 3.63) is 10.9 Å². The summed E-state index contributed by atoms with van der Waals surface area (Å²) in [6.07, 6.45) is 2.65. The topological polar surface area (TPSA) is 79.1 Å². The third kappa shape index (κ3) is 3.09. The van der Waals surface area contributed by atoms with Gasteiger partial charge in [0.05, 0.1) is 5.39 Å². The van der Waals surface area contributed by atoms with Gasteiger partial charge in [0, 0.05) is 23.5 Å². The van der Waals surface area contributed by atoms with E-state index >= 15 is 0 Å². The SMILES string of the molecule is Cc1cc2c(NCC(C)N(C)C3CC3)nc(NN)nc2s1. The van der Waals surface area contributed by atoms with Crippen molar-refractivity contribution in [1.82, 2.24) is 14.9 Å². The molecule has 0 aromatic carbocycles. The molecule has 7 heteroatoms. The lowest BCUT2D eigenvalue weighted by Crippen LogP contribution is -2.36. The summed E-state index contributed by atoms with van der Waals surface area (Å²) in [6, 6.07) is 3.35. The first-order chi connectivity index (χ1) is 10.1. The summed E-state index contributed by atoms with van der Waals surface area (Å²) in [5, 5.41) is 4.52. The minimum absolute atomic E-state index is 0.454. The van der Waals surface area contributed by atoms with E-state index in [1.54, 1.807) is 11.3 Å². The molecule has 1 unspecified atom stereocenters. The van der Waals surface area contributed by atoms with Crippen LogP contribution in [0.4, 0.5) is 11.8 Å². The Morgan fingerprint density at radius 1 is 1.48 bits per heavy atom. The number of thiophene rings is 1. The summed E-state index contributed by atoms with van der Waals surface area (Å²) in [7, 11) is 2.20. The number of aromatic nitrogens is 2. The predicted molar refractivity (Wildman–Crippen MR) is 88.7 cm³/mol. The van der Waals surface area contributed by atoms with Gasteiger partial charge in [-0.05, 0) is 39.8 Å². The van der Waals surface area contributed by atoms with Gasteiger partial charge < -0.3 is 5.32 Å². The zero-order chi connectivity index (χ0) is 15.0. The quantitative estimate of drug-likeness (QED) is 0.561. The zero-order valence-electron chi connectivity index (χ0n) is 12.7. The maximum absolute atomic E-state index is 5.46. The lowest BCUT2D eigenvalue weighted by molar-refractivity contribution is 0.257. The lowest BCUT2D eigenvalue weighted by Gasteiger charge is -2.25. The monoisotopic (exact) mass is 306 g/mol. The van der Waals surface area contributed by atoms with Gasteiger partial charge >= 0.3 is 0 Å². The Kier molecular flexibility index (Phi) is 3.97. The molecule has 2 heterocycles. The van der Waals surface area contributed by atoms with Crippen LogP contribution < -0.4 is 16.6 Å². The Hall–Kier alpha value is -1.44. The van der Waals surface area contributed by atoms with Crippen LogP contribution in [0.25, 0.3) is 10.2 Å². The number of hydrazine groups is 1. The molecule has 0 amide bonds. The molecule has 21 heavy (non-hydrogen) atoms. The maximum Gasteiger partial charge on any atom is 0.240 e. The summed E-state index contributed by atoms with van der Waals surface area (Å²) in [5.74, 6) is 6.77. The van der Waals surface area contributed by atoms with Gasteiger partial charge in [-0.15, -0.1) is 11.3 Å². The number of hydrogen-bond donors (Lipinski definition) is 3. The molecule has 4 N–H and O–H groups in total. The van der Waals surface area contributed by atoms with Crippen LogP contribution in [0.2, 0.25) is 0 Å². The molecule has 1 fully saturated rings. The van der Waals surface area contributed by atoms with E-state index in [1.807, 2.05) is 0 Å². The Balaban J connectivity index is 1.78. The minimum Gasteiger partial charge on any atom is -0.368 e. The number of anilines is 2. The first kappa shape index (κ1) is 14.5. The highest BCUT2D eigenvalue weighted by molar-refractivity contribution is 7.18. The van der Waals surface area contributed by atoms with Crippen LogP contribution in [0.1, 0.15) is 24.6 Å². The highest BCUT2D eigenvalue weighted by atomic mass is 32.1. The number of aryl methyl sites for hydroxylation is 1. The first-order valence-electron chi connectivity index (χ1n) is 7.29. The fraction of sp³-hybridized carbons (Fsp3) is 0.571.